The summed E-state index contributed by atoms with van der Waals surface area (Å²) in [6, 6.07) is 5.67. The zero-order valence-electron chi connectivity index (χ0n) is 10.4. The quantitative estimate of drug-likeness (QED) is 0.884. The van der Waals surface area contributed by atoms with Gasteiger partial charge < -0.3 is 10.6 Å². The molecule has 0 aromatic heterocycles. The van der Waals surface area contributed by atoms with Gasteiger partial charge >= 0.3 is 6.18 Å². The van der Waals surface area contributed by atoms with Gasteiger partial charge in [-0.05, 0) is 24.5 Å². The van der Waals surface area contributed by atoms with Crippen molar-refractivity contribution in [3.63, 3.8) is 0 Å². The van der Waals surface area contributed by atoms with E-state index in [1.807, 2.05) is 0 Å². The molecule has 0 fully saturated rings. The third-order valence-corrected chi connectivity index (χ3v) is 2.91. The number of guanidine groups is 1. The maximum Gasteiger partial charge on any atom is 0.416 e. The molecule has 0 aliphatic carbocycles. The van der Waals surface area contributed by atoms with Gasteiger partial charge in [0, 0.05) is 19.6 Å². The Kier molecular flexibility index (Phi) is 4.29. The van der Waals surface area contributed by atoms with Crippen LogP contribution in [0.2, 0.25) is 0 Å². The smallest absolute Gasteiger partial charge is 0.356 e. The minimum absolute atomic E-state index is 0.305. The minimum atomic E-state index is -4.29. The van der Waals surface area contributed by atoms with Crippen LogP contribution in [0.5, 0.6) is 0 Å². The summed E-state index contributed by atoms with van der Waals surface area (Å²) in [6.45, 7) is 2.04. The van der Waals surface area contributed by atoms with E-state index in [9.17, 15) is 13.2 Å². The third-order valence-electron chi connectivity index (χ3n) is 2.91. The second kappa shape index (κ2) is 5.95. The van der Waals surface area contributed by atoms with Crippen molar-refractivity contribution in [3.8, 4) is 0 Å². The Balaban J connectivity index is 1.94. The summed E-state index contributed by atoms with van der Waals surface area (Å²) in [7, 11) is 0. The van der Waals surface area contributed by atoms with Crippen molar-refractivity contribution in [2.24, 2.45) is 4.99 Å². The molecular formula is C13H16F3N3. The van der Waals surface area contributed by atoms with Crippen LogP contribution in [-0.2, 0) is 12.6 Å². The van der Waals surface area contributed by atoms with Crippen LogP contribution < -0.4 is 10.6 Å². The van der Waals surface area contributed by atoms with Crippen LogP contribution in [0.4, 0.5) is 13.2 Å². The summed E-state index contributed by atoms with van der Waals surface area (Å²) in [6.07, 6.45) is -2.99. The van der Waals surface area contributed by atoms with Gasteiger partial charge in [-0.3, -0.25) is 4.99 Å². The molecule has 1 aromatic rings. The summed E-state index contributed by atoms with van der Waals surface area (Å²) in [4.78, 5) is 4.20. The third kappa shape index (κ3) is 3.87. The standard InChI is InChI=1S/C13H16F3N3/c14-13(15,16)11-5-2-1-4-10(11)6-9-19-12-17-7-3-8-18-12/h1-2,4-5H,3,6-9H2,(H2,17,18,19). The van der Waals surface area contributed by atoms with Crippen molar-refractivity contribution in [2.45, 2.75) is 19.0 Å². The zero-order chi connectivity index (χ0) is 13.7. The van der Waals surface area contributed by atoms with Crippen LogP contribution in [0.3, 0.4) is 0 Å². The Hall–Kier alpha value is -1.72. The van der Waals surface area contributed by atoms with E-state index in [2.05, 4.69) is 15.6 Å². The van der Waals surface area contributed by atoms with Gasteiger partial charge in [-0.1, -0.05) is 18.2 Å². The molecule has 0 unspecified atom stereocenters. The lowest BCUT2D eigenvalue weighted by Crippen LogP contribution is -2.41. The number of nitrogens with one attached hydrogen (secondary N) is 2. The summed E-state index contributed by atoms with van der Waals surface area (Å²) >= 11 is 0. The molecule has 2 rings (SSSR count). The molecule has 6 heteroatoms. The molecule has 19 heavy (non-hydrogen) atoms. The second-order valence-electron chi connectivity index (χ2n) is 4.34. The van der Waals surface area contributed by atoms with Gasteiger partial charge in [0.25, 0.3) is 0 Å². The summed E-state index contributed by atoms with van der Waals surface area (Å²) < 4.78 is 38.3. The fourth-order valence-electron chi connectivity index (χ4n) is 1.98. The van der Waals surface area contributed by atoms with Crippen molar-refractivity contribution >= 4 is 5.96 Å². The molecule has 1 aliphatic heterocycles. The Morgan fingerprint density at radius 1 is 1.26 bits per heavy atom. The molecule has 0 amide bonds. The average Bonchev–Trinajstić information content (AvgIpc) is 2.39. The maximum absolute atomic E-state index is 12.8. The molecular weight excluding hydrogens is 255 g/mol. The van der Waals surface area contributed by atoms with Gasteiger partial charge in [0.05, 0.1) is 5.56 Å². The van der Waals surface area contributed by atoms with E-state index >= 15 is 0 Å². The van der Waals surface area contributed by atoms with Crippen molar-refractivity contribution in [1.29, 1.82) is 0 Å². The average molecular weight is 271 g/mol. The number of rotatable bonds is 3. The van der Waals surface area contributed by atoms with Crippen LogP contribution in [0.15, 0.2) is 29.3 Å². The maximum atomic E-state index is 12.8. The molecule has 1 heterocycles. The van der Waals surface area contributed by atoms with Crippen LogP contribution in [0.25, 0.3) is 0 Å². The molecule has 1 aliphatic rings. The first-order chi connectivity index (χ1) is 9.07. The molecule has 3 nitrogen and oxygen atoms in total. The van der Waals surface area contributed by atoms with E-state index < -0.39 is 11.7 Å². The molecule has 0 atom stereocenters. The number of benzene rings is 1. The van der Waals surface area contributed by atoms with Crippen molar-refractivity contribution in [2.75, 3.05) is 19.6 Å². The first-order valence-corrected chi connectivity index (χ1v) is 6.24. The molecule has 0 radical (unpaired) electrons. The van der Waals surface area contributed by atoms with Crippen LogP contribution in [0, 0.1) is 0 Å². The van der Waals surface area contributed by atoms with E-state index in [0.29, 0.717) is 24.5 Å². The molecule has 1 aromatic carbocycles. The summed E-state index contributed by atoms with van der Waals surface area (Å²) in [5, 5.41) is 6.09. The van der Waals surface area contributed by atoms with Crippen molar-refractivity contribution < 1.29 is 13.2 Å². The number of aliphatic imine (C=N–C) groups is 1. The van der Waals surface area contributed by atoms with Gasteiger partial charge in [-0.25, -0.2) is 0 Å². The van der Waals surface area contributed by atoms with Crippen LogP contribution >= 0.6 is 0 Å². The minimum Gasteiger partial charge on any atom is -0.356 e. The SMILES string of the molecule is FC(F)(F)c1ccccc1CCNC1=NCCCN1. The highest BCUT2D eigenvalue weighted by Crippen LogP contribution is 2.31. The number of hydrogen-bond acceptors (Lipinski definition) is 3. The first kappa shape index (κ1) is 13.7. The Bertz CT molecular complexity index is 455. The molecule has 0 bridgehead atoms. The number of alkyl halides is 3. The summed E-state index contributed by atoms with van der Waals surface area (Å²) in [5.41, 5.74) is -0.255. The predicted octanol–water partition coefficient (Wildman–Crippen LogP) is 2.19. The topological polar surface area (TPSA) is 36.4 Å². The molecule has 2 N–H and O–H groups in total. The van der Waals surface area contributed by atoms with Crippen molar-refractivity contribution in [1.82, 2.24) is 10.6 Å². The number of halogens is 3. The molecule has 104 valence electrons. The van der Waals surface area contributed by atoms with E-state index in [1.165, 1.54) is 12.1 Å². The monoisotopic (exact) mass is 271 g/mol. The van der Waals surface area contributed by atoms with Gasteiger partial charge in [0.2, 0.25) is 0 Å². The van der Waals surface area contributed by atoms with Gasteiger partial charge in [0.15, 0.2) is 5.96 Å². The van der Waals surface area contributed by atoms with Crippen LogP contribution in [-0.4, -0.2) is 25.6 Å². The fourth-order valence-corrected chi connectivity index (χ4v) is 1.98. The van der Waals surface area contributed by atoms with Crippen LogP contribution in [0.1, 0.15) is 17.5 Å². The Morgan fingerprint density at radius 2 is 2.05 bits per heavy atom. The Labute approximate surface area is 109 Å². The molecule has 0 saturated carbocycles. The van der Waals surface area contributed by atoms with E-state index in [0.717, 1.165) is 25.6 Å². The molecule has 0 spiro atoms. The lowest BCUT2D eigenvalue weighted by molar-refractivity contribution is -0.138. The highest BCUT2D eigenvalue weighted by Gasteiger charge is 2.32. The van der Waals surface area contributed by atoms with Crippen molar-refractivity contribution in [3.05, 3.63) is 35.4 Å². The fraction of sp³-hybridized carbons (Fsp3) is 0.462. The summed E-state index contributed by atoms with van der Waals surface area (Å²) in [5.74, 6) is 0.677. The zero-order valence-corrected chi connectivity index (χ0v) is 10.4. The molecule has 0 saturated heterocycles. The lowest BCUT2D eigenvalue weighted by Gasteiger charge is -2.17. The normalized spacial score (nSPS) is 15.6. The first-order valence-electron chi connectivity index (χ1n) is 6.24. The van der Waals surface area contributed by atoms with Gasteiger partial charge in [-0.2, -0.15) is 13.2 Å². The Morgan fingerprint density at radius 3 is 2.74 bits per heavy atom. The highest BCUT2D eigenvalue weighted by atomic mass is 19.4. The second-order valence-corrected chi connectivity index (χ2v) is 4.34. The van der Waals surface area contributed by atoms with E-state index in [1.54, 1.807) is 6.07 Å². The number of nitrogens with zero attached hydrogens (tertiary/aromatic N) is 1. The largest absolute Gasteiger partial charge is 0.416 e. The predicted molar refractivity (Wildman–Crippen MR) is 68.1 cm³/mol. The van der Waals surface area contributed by atoms with Gasteiger partial charge in [-0.15, -0.1) is 0 Å². The number of hydrogen-bond donors (Lipinski definition) is 2. The van der Waals surface area contributed by atoms with E-state index in [-0.39, 0.29) is 0 Å². The lowest BCUT2D eigenvalue weighted by atomic mass is 10.0. The van der Waals surface area contributed by atoms with E-state index in [4.69, 9.17) is 0 Å². The highest BCUT2D eigenvalue weighted by molar-refractivity contribution is 5.80. The van der Waals surface area contributed by atoms with Gasteiger partial charge in [0.1, 0.15) is 0 Å².